The van der Waals surface area contributed by atoms with Crippen LogP contribution in [0.5, 0.6) is 0 Å². The van der Waals surface area contributed by atoms with Crippen molar-refractivity contribution < 1.29 is 49.6 Å². The first-order valence-corrected chi connectivity index (χ1v) is 17.6. The van der Waals surface area contributed by atoms with Gasteiger partial charge < -0.3 is 49.6 Å². The van der Waals surface area contributed by atoms with Crippen LogP contribution in [0.4, 0.5) is 0 Å². The Morgan fingerprint density at radius 1 is 0.800 bits per heavy atom. The van der Waals surface area contributed by atoms with E-state index in [1.165, 1.54) is 0 Å². The van der Waals surface area contributed by atoms with E-state index in [9.17, 15) is 30.6 Å². The van der Waals surface area contributed by atoms with Crippen molar-refractivity contribution in [3.63, 3.8) is 0 Å². The van der Waals surface area contributed by atoms with Crippen LogP contribution in [0.15, 0.2) is 0 Å². The molecular formula is C35H56O10. The Morgan fingerprint density at radius 3 is 2.16 bits per heavy atom. The van der Waals surface area contributed by atoms with Crippen LogP contribution >= 0.6 is 0 Å². The third kappa shape index (κ3) is 3.51. The maximum absolute atomic E-state index is 12.7. The molecule has 0 amide bonds. The highest BCUT2D eigenvalue weighted by atomic mass is 16.8. The lowest BCUT2D eigenvalue weighted by Gasteiger charge is -2.63. The topological polar surface area (TPSA) is 158 Å². The van der Waals surface area contributed by atoms with Crippen molar-refractivity contribution in [1.29, 1.82) is 0 Å². The molecule has 3 heterocycles. The normalized spacial score (nSPS) is 62.7. The second-order valence-corrected chi connectivity index (χ2v) is 18.3. The van der Waals surface area contributed by atoms with E-state index < -0.39 is 65.8 Å². The van der Waals surface area contributed by atoms with E-state index in [1.807, 2.05) is 0 Å². The van der Waals surface area contributed by atoms with E-state index >= 15 is 0 Å². The molecule has 0 aromatic carbocycles. The summed E-state index contributed by atoms with van der Waals surface area (Å²) in [5, 5.41) is 66.1. The predicted octanol–water partition coefficient (Wildman–Crippen LogP) is 2.09. The van der Waals surface area contributed by atoms with Gasteiger partial charge in [-0.15, -0.1) is 0 Å². The van der Waals surface area contributed by atoms with Gasteiger partial charge in [0.2, 0.25) is 0 Å². The van der Waals surface area contributed by atoms with Crippen LogP contribution < -0.4 is 0 Å². The molecule has 5 saturated carbocycles. The number of fused-ring (bicyclic) bond motifs is 4. The minimum absolute atomic E-state index is 0.0727. The first-order chi connectivity index (χ1) is 20.8. The molecule has 3 spiro atoms. The van der Waals surface area contributed by atoms with Gasteiger partial charge in [-0.05, 0) is 98.2 Å². The average Bonchev–Trinajstić information content (AvgIpc) is 3.44. The molecule has 3 aliphatic heterocycles. The van der Waals surface area contributed by atoms with Crippen molar-refractivity contribution in [2.75, 3.05) is 6.61 Å². The molecule has 6 N–H and O–H groups in total. The van der Waals surface area contributed by atoms with Gasteiger partial charge in [0, 0.05) is 11.3 Å². The fraction of sp³-hybridized carbons (Fsp3) is 1.00. The average molecular weight is 637 g/mol. The van der Waals surface area contributed by atoms with Crippen LogP contribution in [-0.4, -0.2) is 104 Å². The van der Waals surface area contributed by atoms with Crippen LogP contribution in [0.25, 0.3) is 0 Å². The molecule has 2 bridgehead atoms. The van der Waals surface area contributed by atoms with Gasteiger partial charge in [-0.2, -0.15) is 0 Å². The minimum Gasteiger partial charge on any atom is -0.390 e. The third-order valence-electron chi connectivity index (χ3n) is 16.0. The molecular weight excluding hydrogens is 580 g/mol. The smallest absolute Gasteiger partial charge is 0.199 e. The number of aliphatic hydroxyl groups is 6. The van der Waals surface area contributed by atoms with E-state index in [4.69, 9.17) is 18.9 Å². The maximum Gasteiger partial charge on any atom is 0.199 e. The summed E-state index contributed by atoms with van der Waals surface area (Å²) in [6, 6.07) is 0. The van der Waals surface area contributed by atoms with Gasteiger partial charge in [0.1, 0.15) is 36.6 Å². The molecule has 8 fully saturated rings. The fourth-order valence-corrected chi connectivity index (χ4v) is 13.9. The Hall–Kier alpha value is -0.400. The fourth-order valence-electron chi connectivity index (χ4n) is 13.9. The van der Waals surface area contributed by atoms with Crippen LogP contribution in [0, 0.1) is 50.7 Å². The van der Waals surface area contributed by atoms with Crippen molar-refractivity contribution in [1.82, 2.24) is 0 Å². The van der Waals surface area contributed by atoms with Gasteiger partial charge >= 0.3 is 0 Å². The lowest BCUT2D eigenvalue weighted by Crippen LogP contribution is -2.61. The molecule has 5 aliphatic carbocycles. The molecule has 0 aromatic heterocycles. The summed E-state index contributed by atoms with van der Waals surface area (Å²) in [5.41, 5.74) is -2.04. The van der Waals surface area contributed by atoms with Gasteiger partial charge in [0.15, 0.2) is 12.1 Å². The lowest BCUT2D eigenvalue weighted by atomic mass is 9.41. The van der Waals surface area contributed by atoms with Crippen molar-refractivity contribution in [3.8, 4) is 0 Å². The third-order valence-corrected chi connectivity index (χ3v) is 16.0. The highest BCUT2D eigenvalue weighted by Gasteiger charge is 2.88. The molecule has 8 aliphatic rings. The molecule has 0 unspecified atom stereocenters. The van der Waals surface area contributed by atoms with Crippen LogP contribution in [0.1, 0.15) is 93.4 Å². The predicted molar refractivity (Wildman–Crippen MR) is 160 cm³/mol. The largest absolute Gasteiger partial charge is 0.390 e. The van der Waals surface area contributed by atoms with E-state index in [-0.39, 0.29) is 52.1 Å². The van der Waals surface area contributed by atoms with E-state index in [0.717, 1.165) is 44.9 Å². The molecule has 10 heteroatoms. The highest BCUT2D eigenvalue weighted by molar-refractivity contribution is 5.34. The first kappa shape index (κ1) is 31.8. The second kappa shape index (κ2) is 9.23. The van der Waals surface area contributed by atoms with Crippen molar-refractivity contribution >= 4 is 0 Å². The molecule has 0 radical (unpaired) electrons. The summed E-state index contributed by atoms with van der Waals surface area (Å²) in [7, 11) is 0. The molecule has 0 aromatic rings. The zero-order valence-corrected chi connectivity index (χ0v) is 28.0. The standard InChI is InChI=1S/C35H56O10/c1-16-21(37)24-26(30(4,5)41)45-35(44-24)25(16)31(6)12-13-34-15-33(34)11-10-20(43-27-23(39)22(38)17(36)14-42-27)29(2,3)18(33)8-9-19(34)32(31,7)28(35)40/h16-28,36-41H,8-15H2,1-7H3/t16-,17-,18+,19+,20+,21-,22+,23-,24-,25-,26+,27+,28-,31-,32-,33-,34+,35+/m1/s1. The molecule has 8 rings (SSSR count). The van der Waals surface area contributed by atoms with Gasteiger partial charge in [0.25, 0.3) is 0 Å². The monoisotopic (exact) mass is 636 g/mol. The Bertz CT molecular complexity index is 1240. The minimum atomic E-state index is -1.30. The van der Waals surface area contributed by atoms with E-state index in [2.05, 4.69) is 34.6 Å². The Kier molecular flexibility index (Phi) is 6.53. The summed E-state index contributed by atoms with van der Waals surface area (Å²) in [4.78, 5) is 0. The number of hydrogen-bond donors (Lipinski definition) is 6. The first-order valence-electron chi connectivity index (χ1n) is 17.6. The summed E-state index contributed by atoms with van der Waals surface area (Å²) in [6.45, 7) is 14.6. The lowest BCUT2D eigenvalue weighted by molar-refractivity contribution is -0.303. The summed E-state index contributed by atoms with van der Waals surface area (Å²) in [6.07, 6.45) is -1.07. The number of ether oxygens (including phenoxy) is 4. The van der Waals surface area contributed by atoms with Crippen molar-refractivity contribution in [2.24, 2.45) is 50.7 Å². The summed E-state index contributed by atoms with van der Waals surface area (Å²) < 4.78 is 25.5. The molecule has 18 atom stereocenters. The summed E-state index contributed by atoms with van der Waals surface area (Å²) >= 11 is 0. The zero-order valence-electron chi connectivity index (χ0n) is 28.0. The zero-order chi connectivity index (χ0) is 32.5. The van der Waals surface area contributed by atoms with Crippen LogP contribution in [0.2, 0.25) is 0 Å². The Labute approximate surface area is 266 Å². The quantitative estimate of drug-likeness (QED) is 0.254. The van der Waals surface area contributed by atoms with Gasteiger partial charge in [-0.1, -0.05) is 34.6 Å². The Balaban J connectivity index is 1.11. The van der Waals surface area contributed by atoms with Crippen molar-refractivity contribution in [3.05, 3.63) is 0 Å². The SMILES string of the molecule is C[C@@H]1[C@@H](O)[C@H]2O[C@@]3(O[C@@H]2C(C)(C)O)[C@H](O)[C@@]2(C)[C@@H]4CC[C@H]5C(C)(C)[C@@H](O[C@@H]6OC[C@@H](O)[C@H](O)[C@H]6O)CC[C@@]56C[C@@]46CC[C@]2(C)[C@@H]13. The van der Waals surface area contributed by atoms with Crippen LogP contribution in [-0.2, 0) is 18.9 Å². The number of aliphatic hydroxyl groups excluding tert-OH is 5. The Morgan fingerprint density at radius 2 is 1.47 bits per heavy atom. The second-order valence-electron chi connectivity index (χ2n) is 18.3. The molecule has 10 nitrogen and oxygen atoms in total. The van der Waals surface area contributed by atoms with Gasteiger partial charge in [-0.3, -0.25) is 0 Å². The number of hydrogen-bond acceptors (Lipinski definition) is 10. The van der Waals surface area contributed by atoms with Gasteiger partial charge in [0.05, 0.1) is 24.4 Å². The number of rotatable bonds is 3. The van der Waals surface area contributed by atoms with E-state index in [1.54, 1.807) is 13.8 Å². The van der Waals surface area contributed by atoms with Crippen LogP contribution in [0.3, 0.4) is 0 Å². The maximum atomic E-state index is 12.7. The molecule has 256 valence electrons. The van der Waals surface area contributed by atoms with E-state index in [0.29, 0.717) is 5.92 Å². The van der Waals surface area contributed by atoms with Crippen molar-refractivity contribution in [2.45, 2.75) is 160 Å². The molecule has 3 saturated heterocycles. The summed E-state index contributed by atoms with van der Waals surface area (Å²) in [5.74, 6) is -0.957. The van der Waals surface area contributed by atoms with Gasteiger partial charge in [-0.25, -0.2) is 0 Å². The molecule has 45 heavy (non-hydrogen) atoms. The highest BCUT2D eigenvalue weighted by Crippen LogP contribution is 2.90.